The molecule has 2 heterocycles. The number of benzene rings is 1. The fourth-order valence-corrected chi connectivity index (χ4v) is 2.81. The quantitative estimate of drug-likeness (QED) is 0.905. The van der Waals surface area contributed by atoms with Gasteiger partial charge in [0, 0.05) is 25.0 Å². The Bertz CT molecular complexity index is 624. The van der Waals surface area contributed by atoms with Gasteiger partial charge in [0.15, 0.2) is 0 Å². The van der Waals surface area contributed by atoms with Crippen LogP contribution >= 0.6 is 0 Å². The SMILES string of the molecule is CC(C)CCNc1ccnc(N2CCCc3ccccc32)n1. The minimum absolute atomic E-state index is 0.697. The summed E-state index contributed by atoms with van der Waals surface area (Å²) in [5.74, 6) is 2.40. The molecule has 4 nitrogen and oxygen atoms in total. The molecule has 2 aromatic rings. The third-order valence-electron chi connectivity index (χ3n) is 4.02. The van der Waals surface area contributed by atoms with Crippen LogP contribution in [-0.2, 0) is 6.42 Å². The van der Waals surface area contributed by atoms with Crippen LogP contribution < -0.4 is 10.2 Å². The van der Waals surface area contributed by atoms with Crippen LogP contribution in [0.3, 0.4) is 0 Å². The first-order valence-corrected chi connectivity index (χ1v) is 8.16. The molecule has 0 aliphatic carbocycles. The molecule has 3 rings (SSSR count). The van der Waals surface area contributed by atoms with E-state index in [1.54, 1.807) is 0 Å². The lowest BCUT2D eigenvalue weighted by Crippen LogP contribution is -2.26. The highest BCUT2D eigenvalue weighted by Crippen LogP contribution is 2.31. The zero-order valence-electron chi connectivity index (χ0n) is 13.4. The largest absolute Gasteiger partial charge is 0.370 e. The van der Waals surface area contributed by atoms with Crippen molar-refractivity contribution in [2.75, 3.05) is 23.3 Å². The van der Waals surface area contributed by atoms with Crippen LogP contribution in [0.5, 0.6) is 0 Å². The molecule has 1 aliphatic rings. The van der Waals surface area contributed by atoms with E-state index < -0.39 is 0 Å². The van der Waals surface area contributed by atoms with Gasteiger partial charge in [-0.05, 0) is 42.9 Å². The van der Waals surface area contributed by atoms with Gasteiger partial charge < -0.3 is 10.2 Å². The maximum atomic E-state index is 4.70. The molecule has 1 N–H and O–H groups in total. The van der Waals surface area contributed by atoms with Gasteiger partial charge in [0.2, 0.25) is 5.95 Å². The van der Waals surface area contributed by atoms with E-state index in [4.69, 9.17) is 4.98 Å². The molecule has 1 aliphatic heterocycles. The molecule has 1 aromatic carbocycles. The average molecular weight is 296 g/mol. The van der Waals surface area contributed by atoms with E-state index >= 15 is 0 Å². The number of fused-ring (bicyclic) bond motifs is 1. The molecule has 0 saturated heterocycles. The molecule has 0 fully saturated rings. The Labute approximate surface area is 132 Å². The lowest BCUT2D eigenvalue weighted by Gasteiger charge is -2.29. The first-order valence-electron chi connectivity index (χ1n) is 8.16. The summed E-state index contributed by atoms with van der Waals surface area (Å²) < 4.78 is 0. The second kappa shape index (κ2) is 6.77. The van der Waals surface area contributed by atoms with Crippen LogP contribution in [0, 0.1) is 5.92 Å². The van der Waals surface area contributed by atoms with Crippen LogP contribution in [0.1, 0.15) is 32.3 Å². The van der Waals surface area contributed by atoms with E-state index in [0.29, 0.717) is 5.92 Å². The molecule has 1 aromatic heterocycles. The molecule has 0 unspecified atom stereocenters. The van der Waals surface area contributed by atoms with Crippen LogP contribution in [-0.4, -0.2) is 23.1 Å². The summed E-state index contributed by atoms with van der Waals surface area (Å²) in [5, 5.41) is 3.40. The number of anilines is 3. The van der Waals surface area contributed by atoms with E-state index in [-0.39, 0.29) is 0 Å². The fraction of sp³-hybridized carbons (Fsp3) is 0.444. The number of rotatable bonds is 5. The monoisotopic (exact) mass is 296 g/mol. The van der Waals surface area contributed by atoms with Crippen molar-refractivity contribution < 1.29 is 0 Å². The number of aromatic nitrogens is 2. The zero-order chi connectivity index (χ0) is 15.4. The maximum absolute atomic E-state index is 4.70. The van der Waals surface area contributed by atoms with E-state index in [1.807, 2.05) is 12.3 Å². The number of hydrogen-bond donors (Lipinski definition) is 1. The van der Waals surface area contributed by atoms with Crippen LogP contribution in [0.25, 0.3) is 0 Å². The molecule has 0 spiro atoms. The standard InChI is InChI=1S/C18H24N4/c1-14(2)9-11-19-17-10-12-20-18(21-17)22-13-5-7-15-6-3-4-8-16(15)22/h3-4,6,8,10,12,14H,5,7,9,11,13H2,1-2H3,(H,19,20,21). The number of nitrogens with one attached hydrogen (secondary N) is 1. The Balaban J connectivity index is 1.78. The number of aryl methyl sites for hydroxylation is 1. The Kier molecular flexibility index (Phi) is 4.56. The number of nitrogens with zero attached hydrogens (tertiary/aromatic N) is 3. The zero-order valence-corrected chi connectivity index (χ0v) is 13.4. The van der Waals surface area contributed by atoms with Crippen molar-refractivity contribution in [3.8, 4) is 0 Å². The van der Waals surface area contributed by atoms with Crippen molar-refractivity contribution >= 4 is 17.5 Å². The maximum Gasteiger partial charge on any atom is 0.231 e. The fourth-order valence-electron chi connectivity index (χ4n) is 2.81. The number of hydrogen-bond acceptors (Lipinski definition) is 4. The second-order valence-corrected chi connectivity index (χ2v) is 6.24. The molecule has 0 radical (unpaired) electrons. The molecule has 4 heteroatoms. The van der Waals surface area contributed by atoms with E-state index in [0.717, 1.165) is 44.1 Å². The van der Waals surface area contributed by atoms with Gasteiger partial charge in [-0.3, -0.25) is 0 Å². The van der Waals surface area contributed by atoms with Gasteiger partial charge in [0.25, 0.3) is 0 Å². The Morgan fingerprint density at radius 3 is 2.95 bits per heavy atom. The van der Waals surface area contributed by atoms with Gasteiger partial charge in [0.1, 0.15) is 5.82 Å². The summed E-state index contributed by atoms with van der Waals surface area (Å²) in [6.07, 6.45) is 5.27. The average Bonchev–Trinajstić information content (AvgIpc) is 2.54. The summed E-state index contributed by atoms with van der Waals surface area (Å²) in [6.45, 7) is 6.40. The minimum Gasteiger partial charge on any atom is -0.370 e. The molecule has 0 saturated carbocycles. The molecular weight excluding hydrogens is 272 g/mol. The normalized spacial score (nSPS) is 14.0. The molecular formula is C18H24N4. The molecule has 0 atom stereocenters. The first kappa shape index (κ1) is 14.8. The summed E-state index contributed by atoms with van der Waals surface area (Å²) in [7, 11) is 0. The second-order valence-electron chi connectivity index (χ2n) is 6.24. The Morgan fingerprint density at radius 2 is 2.09 bits per heavy atom. The van der Waals surface area contributed by atoms with Crippen LogP contribution in [0.2, 0.25) is 0 Å². The summed E-state index contributed by atoms with van der Waals surface area (Å²) in [5.41, 5.74) is 2.63. The molecule has 22 heavy (non-hydrogen) atoms. The van der Waals surface area contributed by atoms with Gasteiger partial charge in [-0.1, -0.05) is 32.0 Å². The van der Waals surface area contributed by atoms with Crippen molar-refractivity contribution in [2.24, 2.45) is 5.92 Å². The van der Waals surface area contributed by atoms with Crippen molar-refractivity contribution in [2.45, 2.75) is 33.1 Å². The molecule has 0 amide bonds. The topological polar surface area (TPSA) is 41.1 Å². The molecule has 116 valence electrons. The van der Waals surface area contributed by atoms with E-state index in [1.165, 1.54) is 11.3 Å². The predicted octanol–water partition coefficient (Wildman–Crippen LogP) is 4.02. The Morgan fingerprint density at radius 1 is 1.23 bits per heavy atom. The van der Waals surface area contributed by atoms with Crippen molar-refractivity contribution in [1.29, 1.82) is 0 Å². The predicted molar refractivity (Wildman–Crippen MR) is 91.7 cm³/mol. The highest BCUT2D eigenvalue weighted by molar-refractivity contribution is 5.64. The van der Waals surface area contributed by atoms with Crippen molar-refractivity contribution in [3.05, 3.63) is 42.1 Å². The van der Waals surface area contributed by atoms with Crippen LogP contribution in [0.15, 0.2) is 36.5 Å². The third kappa shape index (κ3) is 3.38. The van der Waals surface area contributed by atoms with Gasteiger partial charge >= 0.3 is 0 Å². The third-order valence-corrected chi connectivity index (χ3v) is 4.02. The summed E-state index contributed by atoms with van der Waals surface area (Å²) in [6, 6.07) is 10.5. The van der Waals surface area contributed by atoms with E-state index in [2.05, 4.69) is 53.3 Å². The summed E-state index contributed by atoms with van der Waals surface area (Å²) in [4.78, 5) is 11.4. The lowest BCUT2D eigenvalue weighted by molar-refractivity contribution is 0.606. The summed E-state index contributed by atoms with van der Waals surface area (Å²) >= 11 is 0. The van der Waals surface area contributed by atoms with Gasteiger partial charge in [0.05, 0.1) is 0 Å². The van der Waals surface area contributed by atoms with Crippen molar-refractivity contribution in [1.82, 2.24) is 9.97 Å². The highest BCUT2D eigenvalue weighted by Gasteiger charge is 2.19. The minimum atomic E-state index is 0.697. The van der Waals surface area contributed by atoms with Gasteiger partial charge in [-0.15, -0.1) is 0 Å². The first-order chi connectivity index (χ1) is 10.7. The smallest absolute Gasteiger partial charge is 0.231 e. The van der Waals surface area contributed by atoms with Crippen LogP contribution in [0.4, 0.5) is 17.5 Å². The van der Waals surface area contributed by atoms with Gasteiger partial charge in [-0.25, -0.2) is 4.98 Å². The van der Waals surface area contributed by atoms with E-state index in [9.17, 15) is 0 Å². The molecule has 0 bridgehead atoms. The highest BCUT2D eigenvalue weighted by atomic mass is 15.3. The van der Waals surface area contributed by atoms with Gasteiger partial charge in [-0.2, -0.15) is 4.98 Å². The lowest BCUT2D eigenvalue weighted by atomic mass is 10.0. The Hall–Kier alpha value is -2.10. The van der Waals surface area contributed by atoms with Crippen molar-refractivity contribution in [3.63, 3.8) is 0 Å². The number of para-hydroxylation sites is 1.